The molecule has 1 saturated carbocycles. The van der Waals surface area contributed by atoms with Crippen LogP contribution in [0, 0.1) is 0 Å². The summed E-state index contributed by atoms with van der Waals surface area (Å²) in [5, 5.41) is 22.1. The molecule has 2 heterocycles. The van der Waals surface area contributed by atoms with Gasteiger partial charge in [-0.25, -0.2) is 0 Å². The van der Waals surface area contributed by atoms with Gasteiger partial charge >= 0.3 is 0 Å². The molecular weight excluding hydrogens is 294 g/mol. The summed E-state index contributed by atoms with van der Waals surface area (Å²) in [6.07, 6.45) is 1.67. The van der Waals surface area contributed by atoms with E-state index in [2.05, 4.69) is 14.1 Å². The summed E-state index contributed by atoms with van der Waals surface area (Å²) >= 11 is 0. The topological polar surface area (TPSA) is 66.8 Å². The number of Topliss-reactive ketones (excluding diaryl/α,β-unsaturated/α-hetero) is 1. The Kier molecular flexibility index (Phi) is 2.24. The van der Waals surface area contributed by atoms with Crippen LogP contribution in [0.25, 0.3) is 0 Å². The number of likely N-dealkylation sites (tertiary alicyclic amines) is 1. The number of phenols is 1. The number of carbonyl (C=O) groups excluding carboxylic acids is 1. The standard InChI is InChI=1S/C18H21NO4/c1-19(2)8-7-17-14-10-3-4-11(20)15(14)23-16(17)12(21)5-6-18(17,22)13(19)9-10/h3-4,13,16,22H,5-9H2,1-2H3/p+1/t13?,16?,17-,18?/m1/s1. The number of ether oxygens (including phenoxy) is 1. The van der Waals surface area contributed by atoms with Gasteiger partial charge in [0.15, 0.2) is 23.4 Å². The van der Waals surface area contributed by atoms with E-state index in [0.29, 0.717) is 25.0 Å². The number of likely N-dealkylation sites (N-methyl/N-ethyl adjacent to an activating group) is 1. The van der Waals surface area contributed by atoms with Gasteiger partial charge in [-0.05, 0) is 18.1 Å². The van der Waals surface area contributed by atoms with E-state index < -0.39 is 17.1 Å². The van der Waals surface area contributed by atoms with E-state index in [9.17, 15) is 15.0 Å². The lowest BCUT2D eigenvalue weighted by Gasteiger charge is -2.63. The quantitative estimate of drug-likeness (QED) is 0.698. The molecule has 5 rings (SSSR count). The van der Waals surface area contributed by atoms with Gasteiger partial charge in [0.1, 0.15) is 11.6 Å². The Morgan fingerprint density at radius 2 is 2.09 bits per heavy atom. The van der Waals surface area contributed by atoms with E-state index in [4.69, 9.17) is 4.74 Å². The van der Waals surface area contributed by atoms with Crippen molar-refractivity contribution < 1.29 is 24.2 Å². The highest BCUT2D eigenvalue weighted by Gasteiger charge is 2.75. The number of piperidine rings is 1. The van der Waals surface area contributed by atoms with Crippen molar-refractivity contribution in [1.29, 1.82) is 0 Å². The van der Waals surface area contributed by atoms with Gasteiger partial charge in [0, 0.05) is 24.8 Å². The number of benzene rings is 1. The monoisotopic (exact) mass is 316 g/mol. The Labute approximate surface area is 135 Å². The Bertz CT molecular complexity index is 758. The van der Waals surface area contributed by atoms with Crippen LogP contribution in [0.15, 0.2) is 12.1 Å². The van der Waals surface area contributed by atoms with Gasteiger partial charge in [0.2, 0.25) is 0 Å². The highest BCUT2D eigenvalue weighted by Crippen LogP contribution is 2.65. The maximum Gasteiger partial charge on any atom is 0.174 e. The van der Waals surface area contributed by atoms with Crippen molar-refractivity contribution in [2.75, 3.05) is 20.6 Å². The third-order valence-electron chi connectivity index (χ3n) is 7.06. The molecule has 2 fully saturated rings. The molecule has 122 valence electrons. The van der Waals surface area contributed by atoms with Gasteiger partial charge in [-0.2, -0.15) is 0 Å². The third kappa shape index (κ3) is 1.28. The summed E-state index contributed by atoms with van der Waals surface area (Å²) in [5.74, 6) is 0.580. The number of aromatic hydroxyl groups is 1. The summed E-state index contributed by atoms with van der Waals surface area (Å²) < 4.78 is 6.75. The number of quaternary nitrogens is 1. The molecule has 1 saturated heterocycles. The van der Waals surface area contributed by atoms with Gasteiger partial charge in [0.05, 0.1) is 26.1 Å². The summed E-state index contributed by atoms with van der Waals surface area (Å²) in [4.78, 5) is 12.6. The molecule has 1 aromatic rings. The van der Waals surface area contributed by atoms with Crippen LogP contribution >= 0.6 is 0 Å². The van der Waals surface area contributed by atoms with Crippen LogP contribution in [0.5, 0.6) is 11.5 Å². The van der Waals surface area contributed by atoms with E-state index in [1.807, 2.05) is 6.07 Å². The number of hydrogen-bond donors (Lipinski definition) is 2. The van der Waals surface area contributed by atoms with Gasteiger partial charge < -0.3 is 19.4 Å². The highest BCUT2D eigenvalue weighted by molar-refractivity contribution is 5.89. The zero-order valence-corrected chi connectivity index (χ0v) is 13.5. The predicted molar refractivity (Wildman–Crippen MR) is 82.5 cm³/mol. The molecular formula is C18H22NO4+. The van der Waals surface area contributed by atoms with Crippen LogP contribution in [0.4, 0.5) is 0 Å². The fraction of sp³-hybridized carbons (Fsp3) is 0.611. The van der Waals surface area contributed by atoms with Gasteiger partial charge in [-0.15, -0.1) is 0 Å². The normalized spacial score (nSPS) is 42.1. The molecule has 2 N–H and O–H groups in total. The molecule has 0 aromatic heterocycles. The minimum atomic E-state index is -0.945. The van der Waals surface area contributed by atoms with Crippen LogP contribution in [0.1, 0.15) is 30.4 Å². The van der Waals surface area contributed by atoms with Crippen molar-refractivity contribution in [2.24, 2.45) is 0 Å². The Morgan fingerprint density at radius 3 is 2.87 bits per heavy atom. The zero-order valence-electron chi connectivity index (χ0n) is 13.5. The largest absolute Gasteiger partial charge is 0.504 e. The first-order valence-electron chi connectivity index (χ1n) is 8.41. The number of phenolic OH excluding ortho intramolecular Hbond substituents is 1. The smallest absolute Gasteiger partial charge is 0.174 e. The summed E-state index contributed by atoms with van der Waals surface area (Å²) in [5.41, 5.74) is 0.409. The minimum absolute atomic E-state index is 0.0541. The first-order chi connectivity index (χ1) is 10.8. The van der Waals surface area contributed by atoms with Gasteiger partial charge in [-0.3, -0.25) is 4.79 Å². The molecule has 5 heteroatoms. The van der Waals surface area contributed by atoms with Crippen LogP contribution in [-0.4, -0.2) is 58.9 Å². The molecule has 23 heavy (non-hydrogen) atoms. The zero-order chi connectivity index (χ0) is 16.2. The van der Waals surface area contributed by atoms with Crippen molar-refractivity contribution in [1.82, 2.24) is 0 Å². The van der Waals surface area contributed by atoms with Crippen molar-refractivity contribution in [3.63, 3.8) is 0 Å². The molecule has 0 radical (unpaired) electrons. The average molecular weight is 316 g/mol. The lowest BCUT2D eigenvalue weighted by atomic mass is 9.48. The summed E-state index contributed by atoms with van der Waals surface area (Å²) in [7, 11) is 4.34. The minimum Gasteiger partial charge on any atom is -0.504 e. The van der Waals surface area contributed by atoms with E-state index in [-0.39, 0.29) is 17.6 Å². The van der Waals surface area contributed by atoms with Crippen LogP contribution in [-0.2, 0) is 16.6 Å². The van der Waals surface area contributed by atoms with Crippen LogP contribution in [0.3, 0.4) is 0 Å². The van der Waals surface area contributed by atoms with Crippen molar-refractivity contribution in [2.45, 2.75) is 48.8 Å². The molecule has 4 atom stereocenters. The number of ketones is 1. The average Bonchev–Trinajstić information content (AvgIpc) is 2.86. The van der Waals surface area contributed by atoms with Crippen LogP contribution < -0.4 is 4.74 Å². The number of hydrogen-bond acceptors (Lipinski definition) is 4. The second kappa shape index (κ2) is 3.73. The van der Waals surface area contributed by atoms with Crippen LogP contribution in [0.2, 0.25) is 0 Å². The maximum absolute atomic E-state index is 12.6. The Balaban J connectivity index is 1.88. The molecule has 4 aliphatic rings. The first kappa shape index (κ1) is 13.8. The fourth-order valence-corrected chi connectivity index (χ4v) is 5.95. The summed E-state index contributed by atoms with van der Waals surface area (Å²) in [6.45, 7) is 0.897. The highest BCUT2D eigenvalue weighted by atomic mass is 16.5. The van der Waals surface area contributed by atoms with Crippen molar-refractivity contribution in [3.8, 4) is 11.5 Å². The maximum atomic E-state index is 12.6. The molecule has 0 amide bonds. The van der Waals surface area contributed by atoms with E-state index >= 15 is 0 Å². The lowest BCUT2D eigenvalue weighted by molar-refractivity contribution is -0.931. The molecule has 2 bridgehead atoms. The molecule has 2 aliphatic carbocycles. The predicted octanol–water partition coefficient (Wildman–Crippen LogP) is 0.890. The molecule has 5 nitrogen and oxygen atoms in total. The van der Waals surface area contributed by atoms with Crippen molar-refractivity contribution in [3.05, 3.63) is 23.3 Å². The number of nitrogens with zero attached hydrogens (tertiary/aromatic N) is 1. The second-order valence-corrected chi connectivity index (χ2v) is 8.28. The molecule has 1 aromatic carbocycles. The SMILES string of the molecule is C[N+]1(C)CC[C@@]23c4c5ccc(O)c4OC2C(=O)CCC3(O)C1C5. The number of carbonyl (C=O) groups is 1. The van der Waals surface area contributed by atoms with Gasteiger partial charge in [0.25, 0.3) is 0 Å². The van der Waals surface area contributed by atoms with E-state index in [1.54, 1.807) is 6.07 Å². The second-order valence-electron chi connectivity index (χ2n) is 8.28. The number of rotatable bonds is 0. The van der Waals surface area contributed by atoms with Gasteiger partial charge in [-0.1, -0.05) is 6.07 Å². The fourth-order valence-electron chi connectivity index (χ4n) is 5.95. The number of aliphatic hydroxyl groups is 1. The van der Waals surface area contributed by atoms with E-state index in [1.165, 1.54) is 0 Å². The Hall–Kier alpha value is -1.59. The Morgan fingerprint density at radius 1 is 1.30 bits per heavy atom. The third-order valence-corrected chi connectivity index (χ3v) is 7.06. The first-order valence-corrected chi connectivity index (χ1v) is 8.41. The summed E-state index contributed by atoms with van der Waals surface area (Å²) in [6, 6.07) is 3.66. The van der Waals surface area contributed by atoms with E-state index in [0.717, 1.165) is 28.6 Å². The van der Waals surface area contributed by atoms with Crippen molar-refractivity contribution >= 4 is 5.78 Å². The molecule has 3 unspecified atom stereocenters. The molecule has 2 aliphatic heterocycles. The lowest BCUT2D eigenvalue weighted by Crippen LogP contribution is -2.79. The molecule has 1 spiro atoms.